The lowest BCUT2D eigenvalue weighted by Gasteiger charge is -2.15. The zero-order chi connectivity index (χ0) is 24.9. The zero-order valence-electron chi connectivity index (χ0n) is 20.0. The van der Waals surface area contributed by atoms with Gasteiger partial charge in [-0.15, -0.1) is 20.5 Å². The molecule has 0 aliphatic carbocycles. The van der Waals surface area contributed by atoms with Gasteiger partial charge in [0.25, 0.3) is 0 Å². The number of rotatable bonds is 6. The fourth-order valence-electron chi connectivity index (χ4n) is 3.59. The summed E-state index contributed by atoms with van der Waals surface area (Å²) in [6.07, 6.45) is 0. The van der Waals surface area contributed by atoms with E-state index in [1.54, 1.807) is 48.5 Å². The van der Waals surface area contributed by atoms with Crippen molar-refractivity contribution in [3.05, 3.63) is 95.1 Å². The van der Waals surface area contributed by atoms with Gasteiger partial charge in [-0.3, -0.25) is 0 Å². The Labute approximate surface area is 204 Å². The molecule has 0 fully saturated rings. The number of benzene rings is 4. The Bertz CT molecular complexity index is 1340. The van der Waals surface area contributed by atoms with E-state index in [2.05, 4.69) is 20.5 Å². The van der Waals surface area contributed by atoms with Crippen molar-refractivity contribution in [1.29, 1.82) is 0 Å². The zero-order valence-corrected chi connectivity index (χ0v) is 20.0. The van der Waals surface area contributed by atoms with Crippen LogP contribution in [0.5, 0.6) is 23.0 Å². The number of aromatic hydroxyl groups is 2. The number of nitrogens with zero attached hydrogens (tertiary/aromatic N) is 4. The molecule has 35 heavy (non-hydrogen) atoms. The molecule has 7 nitrogen and oxygen atoms in total. The van der Waals surface area contributed by atoms with Crippen molar-refractivity contribution in [3.63, 3.8) is 0 Å². The number of phenols is 2. The van der Waals surface area contributed by atoms with E-state index in [0.717, 1.165) is 22.3 Å². The van der Waals surface area contributed by atoms with Crippen molar-refractivity contribution in [2.75, 3.05) is 0 Å². The molecule has 4 aromatic rings. The molecular weight excluding hydrogens is 440 g/mol. The van der Waals surface area contributed by atoms with E-state index < -0.39 is 0 Å². The van der Waals surface area contributed by atoms with Crippen LogP contribution in [-0.2, 0) is 0 Å². The van der Waals surface area contributed by atoms with Crippen LogP contribution in [0, 0.1) is 27.7 Å². The maximum Gasteiger partial charge on any atom is 0.143 e. The third-order valence-corrected chi connectivity index (χ3v) is 5.66. The SMILES string of the molecule is Cc1ccc(Oc2ccc(C)c(/N=N/c3ccccc3O)c2C)c(C)c1/N=N/c1ccccc1O. The summed E-state index contributed by atoms with van der Waals surface area (Å²) in [6.45, 7) is 7.74. The Balaban J connectivity index is 1.66. The number of phenolic OH excluding ortho intramolecular Hbond substituents is 2. The first kappa shape index (κ1) is 23.6. The summed E-state index contributed by atoms with van der Waals surface area (Å²) in [7, 11) is 0. The smallest absolute Gasteiger partial charge is 0.143 e. The van der Waals surface area contributed by atoms with Gasteiger partial charge in [-0.2, -0.15) is 0 Å². The second-order valence-corrected chi connectivity index (χ2v) is 8.19. The summed E-state index contributed by atoms with van der Waals surface area (Å²) in [5, 5.41) is 37.2. The monoisotopic (exact) mass is 466 g/mol. The van der Waals surface area contributed by atoms with Gasteiger partial charge in [0.1, 0.15) is 34.4 Å². The lowest BCUT2D eigenvalue weighted by molar-refractivity contribution is 0.475. The fourth-order valence-corrected chi connectivity index (χ4v) is 3.59. The molecule has 0 saturated carbocycles. The number of hydrogen-bond donors (Lipinski definition) is 2. The third-order valence-electron chi connectivity index (χ3n) is 5.66. The molecule has 0 saturated heterocycles. The van der Waals surface area contributed by atoms with E-state index in [0.29, 0.717) is 34.2 Å². The predicted molar refractivity (Wildman–Crippen MR) is 136 cm³/mol. The summed E-state index contributed by atoms with van der Waals surface area (Å²) in [5.74, 6) is 1.41. The molecule has 0 aromatic heterocycles. The standard InChI is InChI=1S/C28H26N4O3/c1-17-13-15-25(19(3)27(17)31-29-21-9-5-7-11-23(21)33)35-26-16-14-18(2)28(20(26)4)32-30-22-10-6-8-12-24(22)34/h5-16,33-34H,1-4H3/b31-29+,32-30+. The summed E-state index contributed by atoms with van der Waals surface area (Å²) < 4.78 is 6.28. The van der Waals surface area contributed by atoms with Crippen LogP contribution in [-0.4, -0.2) is 10.2 Å². The minimum atomic E-state index is 0.0692. The summed E-state index contributed by atoms with van der Waals surface area (Å²) >= 11 is 0. The van der Waals surface area contributed by atoms with Crippen LogP contribution < -0.4 is 4.74 Å². The molecule has 7 heteroatoms. The molecule has 4 aromatic carbocycles. The summed E-state index contributed by atoms with van der Waals surface area (Å²) in [5.41, 5.74) is 5.66. The maximum atomic E-state index is 9.98. The van der Waals surface area contributed by atoms with Crippen LogP contribution in [0.3, 0.4) is 0 Å². The minimum absolute atomic E-state index is 0.0692. The van der Waals surface area contributed by atoms with Crippen molar-refractivity contribution in [1.82, 2.24) is 0 Å². The summed E-state index contributed by atoms with van der Waals surface area (Å²) in [4.78, 5) is 0. The van der Waals surface area contributed by atoms with Crippen LogP contribution in [0.4, 0.5) is 22.7 Å². The highest BCUT2D eigenvalue weighted by molar-refractivity contribution is 5.62. The number of para-hydroxylation sites is 2. The number of aryl methyl sites for hydroxylation is 2. The van der Waals surface area contributed by atoms with Crippen molar-refractivity contribution < 1.29 is 14.9 Å². The lowest BCUT2D eigenvalue weighted by Crippen LogP contribution is -1.93. The fraction of sp³-hybridized carbons (Fsp3) is 0.143. The average molecular weight is 467 g/mol. The molecule has 0 amide bonds. The van der Waals surface area contributed by atoms with E-state index in [-0.39, 0.29) is 11.5 Å². The highest BCUT2D eigenvalue weighted by atomic mass is 16.5. The van der Waals surface area contributed by atoms with E-state index in [1.807, 2.05) is 52.0 Å². The van der Waals surface area contributed by atoms with Gasteiger partial charge in [0.2, 0.25) is 0 Å². The van der Waals surface area contributed by atoms with Gasteiger partial charge < -0.3 is 14.9 Å². The van der Waals surface area contributed by atoms with Crippen molar-refractivity contribution in [2.45, 2.75) is 27.7 Å². The molecule has 0 radical (unpaired) electrons. The minimum Gasteiger partial charge on any atom is -0.506 e. The third kappa shape index (κ3) is 5.19. The number of ether oxygens (including phenoxy) is 1. The van der Waals surface area contributed by atoms with E-state index in [9.17, 15) is 10.2 Å². The summed E-state index contributed by atoms with van der Waals surface area (Å²) in [6, 6.07) is 21.2. The molecular formula is C28H26N4O3. The molecule has 176 valence electrons. The Morgan fingerprint density at radius 1 is 0.514 bits per heavy atom. The molecule has 2 N–H and O–H groups in total. The highest BCUT2D eigenvalue weighted by Crippen LogP contribution is 2.40. The largest absolute Gasteiger partial charge is 0.506 e. The van der Waals surface area contributed by atoms with Gasteiger partial charge in [-0.25, -0.2) is 0 Å². The van der Waals surface area contributed by atoms with Crippen LogP contribution in [0.2, 0.25) is 0 Å². The Morgan fingerprint density at radius 2 is 0.914 bits per heavy atom. The van der Waals surface area contributed by atoms with Gasteiger partial charge in [0, 0.05) is 11.1 Å². The average Bonchev–Trinajstić information content (AvgIpc) is 2.84. The van der Waals surface area contributed by atoms with E-state index in [4.69, 9.17) is 4.74 Å². The Hall–Kier alpha value is -4.52. The van der Waals surface area contributed by atoms with Gasteiger partial charge in [-0.05, 0) is 75.2 Å². The first-order valence-electron chi connectivity index (χ1n) is 11.1. The first-order valence-corrected chi connectivity index (χ1v) is 11.1. The Kier molecular flexibility index (Phi) is 6.87. The normalized spacial score (nSPS) is 11.4. The molecule has 0 heterocycles. The highest BCUT2D eigenvalue weighted by Gasteiger charge is 2.14. The topological polar surface area (TPSA) is 99.1 Å². The van der Waals surface area contributed by atoms with Gasteiger partial charge in [0.15, 0.2) is 0 Å². The molecule has 0 aliphatic rings. The lowest BCUT2D eigenvalue weighted by atomic mass is 10.1. The van der Waals surface area contributed by atoms with Gasteiger partial charge in [0.05, 0.1) is 11.4 Å². The van der Waals surface area contributed by atoms with Crippen LogP contribution >= 0.6 is 0 Å². The quantitative estimate of drug-likeness (QED) is 0.277. The van der Waals surface area contributed by atoms with E-state index in [1.165, 1.54) is 0 Å². The van der Waals surface area contributed by atoms with Gasteiger partial charge in [-0.1, -0.05) is 36.4 Å². The molecule has 4 rings (SSSR count). The van der Waals surface area contributed by atoms with E-state index >= 15 is 0 Å². The van der Waals surface area contributed by atoms with Gasteiger partial charge >= 0.3 is 0 Å². The molecule has 0 spiro atoms. The molecule has 0 aliphatic heterocycles. The second kappa shape index (κ2) is 10.2. The van der Waals surface area contributed by atoms with Crippen LogP contribution in [0.25, 0.3) is 0 Å². The predicted octanol–water partition coefficient (Wildman–Crippen LogP) is 8.95. The Morgan fingerprint density at radius 3 is 1.31 bits per heavy atom. The molecule has 0 atom stereocenters. The molecule has 0 unspecified atom stereocenters. The van der Waals surface area contributed by atoms with Crippen LogP contribution in [0.15, 0.2) is 93.3 Å². The maximum absolute atomic E-state index is 9.98. The van der Waals surface area contributed by atoms with Crippen molar-refractivity contribution >= 4 is 22.7 Å². The van der Waals surface area contributed by atoms with Crippen molar-refractivity contribution in [2.24, 2.45) is 20.5 Å². The molecule has 0 bridgehead atoms. The number of azo groups is 2. The van der Waals surface area contributed by atoms with Crippen molar-refractivity contribution in [3.8, 4) is 23.0 Å². The second-order valence-electron chi connectivity index (χ2n) is 8.19. The van der Waals surface area contributed by atoms with Crippen LogP contribution in [0.1, 0.15) is 22.3 Å². The first-order chi connectivity index (χ1) is 16.8. The number of hydrogen-bond acceptors (Lipinski definition) is 7.